The summed E-state index contributed by atoms with van der Waals surface area (Å²) < 4.78 is 0. The fourth-order valence-electron chi connectivity index (χ4n) is 2.67. The van der Waals surface area contributed by atoms with Crippen molar-refractivity contribution in [3.8, 4) is 5.75 Å². The van der Waals surface area contributed by atoms with Crippen molar-refractivity contribution in [2.45, 2.75) is 0 Å². The molecular formula is C16H6N2O6. The van der Waals surface area contributed by atoms with Crippen molar-refractivity contribution >= 4 is 32.8 Å². The fraction of sp³-hybridized carbons (Fsp3) is 0. The van der Waals surface area contributed by atoms with Gasteiger partial charge in [0.1, 0.15) is 5.52 Å². The van der Waals surface area contributed by atoms with Gasteiger partial charge in [0.15, 0.2) is 5.75 Å². The van der Waals surface area contributed by atoms with Gasteiger partial charge >= 0.3 is 0 Å². The third kappa shape index (κ3) is 1.73. The van der Waals surface area contributed by atoms with E-state index >= 15 is 0 Å². The molecule has 8 heteroatoms. The maximum absolute atomic E-state index is 12.2. The van der Waals surface area contributed by atoms with Crippen LogP contribution in [0, 0.1) is 0 Å². The van der Waals surface area contributed by atoms with Crippen LogP contribution in [0.25, 0.3) is 32.8 Å². The van der Waals surface area contributed by atoms with Gasteiger partial charge in [-0.05, 0) is 12.1 Å². The molecule has 0 spiro atoms. The molecule has 4 rings (SSSR count). The molecule has 0 unspecified atom stereocenters. The Morgan fingerprint density at radius 1 is 0.792 bits per heavy atom. The number of fused-ring (bicyclic) bond motifs is 4. The van der Waals surface area contributed by atoms with Crippen molar-refractivity contribution in [1.29, 1.82) is 0 Å². The van der Waals surface area contributed by atoms with Crippen LogP contribution in [0.3, 0.4) is 0 Å². The number of aromatic nitrogens is 2. The number of benzene rings is 3. The first kappa shape index (κ1) is 13.9. The van der Waals surface area contributed by atoms with E-state index in [2.05, 4.69) is 9.97 Å². The molecule has 116 valence electrons. The molecule has 0 aliphatic rings. The van der Waals surface area contributed by atoms with Crippen LogP contribution in [-0.4, -0.2) is 15.1 Å². The third-order valence-electron chi connectivity index (χ3n) is 3.82. The number of hydrogen-bond donors (Lipinski definition) is 2. The molecule has 0 amide bonds. The summed E-state index contributed by atoms with van der Waals surface area (Å²) in [6, 6.07) is 4.10. The first-order valence-corrected chi connectivity index (χ1v) is 6.75. The lowest BCUT2D eigenvalue weighted by Gasteiger charge is -2.04. The number of phenols is 1. The van der Waals surface area contributed by atoms with Crippen LogP contribution >= 0.6 is 0 Å². The number of hydrogen-bond acceptors (Lipinski definition) is 7. The van der Waals surface area contributed by atoms with Gasteiger partial charge in [-0.15, -0.1) is 0 Å². The minimum atomic E-state index is -1.21. The molecule has 1 aromatic heterocycles. The largest absolute Gasteiger partial charge is 0.504 e. The van der Waals surface area contributed by atoms with E-state index in [1.807, 2.05) is 0 Å². The Morgan fingerprint density at radius 2 is 1.50 bits per heavy atom. The lowest BCUT2D eigenvalue weighted by atomic mass is 10.1. The molecule has 0 saturated heterocycles. The average molecular weight is 322 g/mol. The number of rotatable bonds is 0. The van der Waals surface area contributed by atoms with Crippen LogP contribution in [0.15, 0.2) is 48.2 Å². The van der Waals surface area contributed by atoms with E-state index in [4.69, 9.17) is 0 Å². The predicted molar refractivity (Wildman–Crippen MR) is 86.5 cm³/mol. The van der Waals surface area contributed by atoms with Gasteiger partial charge in [-0.25, -0.2) is 4.98 Å². The van der Waals surface area contributed by atoms with E-state index in [0.29, 0.717) is 0 Å². The van der Waals surface area contributed by atoms with E-state index in [9.17, 15) is 29.1 Å². The fourth-order valence-corrected chi connectivity index (χ4v) is 2.67. The number of nitrogens with zero attached hydrogens (tertiary/aromatic N) is 1. The van der Waals surface area contributed by atoms with Gasteiger partial charge in [0, 0.05) is 22.9 Å². The Balaban J connectivity index is 2.37. The van der Waals surface area contributed by atoms with E-state index in [0.717, 1.165) is 24.3 Å². The molecule has 4 aromatic rings. The van der Waals surface area contributed by atoms with Crippen LogP contribution in [-0.2, 0) is 0 Å². The summed E-state index contributed by atoms with van der Waals surface area (Å²) in [6.07, 6.45) is 0. The Labute approximate surface area is 130 Å². The minimum absolute atomic E-state index is 0.0113. The molecule has 0 aliphatic carbocycles. The predicted octanol–water partition coefficient (Wildman–Crippen LogP) is -0.748. The molecule has 0 atom stereocenters. The molecule has 2 N–H and O–H groups in total. The van der Waals surface area contributed by atoms with Crippen molar-refractivity contribution in [1.82, 2.24) is 9.97 Å². The molecule has 0 saturated carbocycles. The van der Waals surface area contributed by atoms with Gasteiger partial charge in [-0.2, -0.15) is 0 Å². The molecular weight excluding hydrogens is 316 g/mol. The topological polar surface area (TPSA) is 134 Å². The van der Waals surface area contributed by atoms with Gasteiger partial charge in [0.25, 0.3) is 5.43 Å². The van der Waals surface area contributed by atoms with Crippen LogP contribution in [0.4, 0.5) is 0 Å². The lowest BCUT2D eigenvalue weighted by Crippen LogP contribution is -2.37. The highest BCUT2D eigenvalue weighted by molar-refractivity contribution is 6.05. The molecule has 24 heavy (non-hydrogen) atoms. The zero-order valence-corrected chi connectivity index (χ0v) is 11.7. The molecule has 0 aliphatic heterocycles. The van der Waals surface area contributed by atoms with Crippen LogP contribution in [0.2, 0.25) is 0 Å². The van der Waals surface area contributed by atoms with Crippen LogP contribution in [0.1, 0.15) is 0 Å². The molecule has 0 bridgehead atoms. The Bertz CT molecular complexity index is 1460. The number of phenolic OH excluding ortho intramolecular Hbond substituents is 1. The first-order valence-electron chi connectivity index (χ1n) is 6.75. The highest BCUT2D eigenvalue weighted by Crippen LogP contribution is 2.20. The summed E-state index contributed by atoms with van der Waals surface area (Å²) >= 11 is 0. The van der Waals surface area contributed by atoms with Crippen molar-refractivity contribution in [3.05, 3.63) is 75.4 Å². The lowest BCUT2D eigenvalue weighted by molar-refractivity contribution is 0.471. The Hall–Kier alpha value is -3.68. The number of H-pyrrole nitrogens is 1. The molecule has 1 heterocycles. The van der Waals surface area contributed by atoms with Crippen molar-refractivity contribution in [3.63, 3.8) is 0 Å². The van der Waals surface area contributed by atoms with Gasteiger partial charge in [0.2, 0.25) is 21.7 Å². The zero-order valence-electron chi connectivity index (χ0n) is 11.7. The van der Waals surface area contributed by atoms with Crippen LogP contribution < -0.4 is 27.1 Å². The maximum Gasteiger partial charge on any atom is 0.273 e. The molecule has 3 aromatic carbocycles. The summed E-state index contributed by atoms with van der Waals surface area (Å²) in [6.45, 7) is 0. The number of aromatic hydroxyl groups is 1. The summed E-state index contributed by atoms with van der Waals surface area (Å²) in [5, 5.41) is 9.38. The van der Waals surface area contributed by atoms with Crippen LogP contribution in [0.5, 0.6) is 5.75 Å². The zero-order chi connectivity index (χ0) is 17.2. The second-order valence-electron chi connectivity index (χ2n) is 5.30. The van der Waals surface area contributed by atoms with E-state index in [-0.39, 0.29) is 32.8 Å². The first-order chi connectivity index (χ1) is 11.4. The van der Waals surface area contributed by atoms with E-state index in [1.54, 1.807) is 0 Å². The van der Waals surface area contributed by atoms with Crippen molar-refractivity contribution in [2.24, 2.45) is 0 Å². The van der Waals surface area contributed by atoms with Gasteiger partial charge < -0.3 is 10.1 Å². The highest BCUT2D eigenvalue weighted by atomic mass is 16.3. The van der Waals surface area contributed by atoms with Gasteiger partial charge in [0.05, 0.1) is 16.6 Å². The number of aromatic amines is 1. The SMILES string of the molecule is O=c1cc2[nH]c3c(=O)cc4c(=O)c(=O)c(=O)cc4c3nc2cc1O. The smallest absolute Gasteiger partial charge is 0.273 e. The average Bonchev–Trinajstić information content (AvgIpc) is 2.54. The minimum Gasteiger partial charge on any atom is -0.504 e. The quantitative estimate of drug-likeness (QED) is 0.247. The molecule has 0 fully saturated rings. The summed E-state index contributed by atoms with van der Waals surface area (Å²) in [7, 11) is 0. The normalized spacial score (nSPS) is 11.5. The monoisotopic (exact) mass is 322 g/mol. The third-order valence-corrected chi connectivity index (χ3v) is 3.82. The molecule has 0 radical (unpaired) electrons. The van der Waals surface area contributed by atoms with Gasteiger partial charge in [-0.1, -0.05) is 0 Å². The standard InChI is InChI=1S/C16H6N2O6/c19-9-3-7-8(4-10(9)20)18-14-11(21)2-6-5(13(14)17-7)1-12(22)16(24)15(6)23/h1-4,18-19H. The van der Waals surface area contributed by atoms with E-state index in [1.165, 1.54) is 0 Å². The summed E-state index contributed by atoms with van der Waals surface area (Å²) in [5.41, 5.74) is -4.14. The van der Waals surface area contributed by atoms with Crippen molar-refractivity contribution in [2.75, 3.05) is 0 Å². The van der Waals surface area contributed by atoms with Crippen molar-refractivity contribution < 1.29 is 5.11 Å². The van der Waals surface area contributed by atoms with E-state index < -0.39 is 32.9 Å². The second kappa shape index (κ2) is 4.42. The Kier molecular flexibility index (Phi) is 2.57. The van der Waals surface area contributed by atoms with Gasteiger partial charge in [-0.3, -0.25) is 24.0 Å². The maximum atomic E-state index is 12.2. The highest BCUT2D eigenvalue weighted by Gasteiger charge is 2.14. The number of nitrogens with one attached hydrogen (secondary N) is 1. The Morgan fingerprint density at radius 3 is 2.25 bits per heavy atom. The summed E-state index contributed by atoms with van der Waals surface area (Å²) in [5.74, 6) is -0.527. The second-order valence-corrected chi connectivity index (χ2v) is 5.30. The molecule has 8 nitrogen and oxygen atoms in total. The summed E-state index contributed by atoms with van der Waals surface area (Å²) in [4.78, 5) is 65.7.